The summed E-state index contributed by atoms with van der Waals surface area (Å²) in [6.45, 7) is 2.37. The van der Waals surface area contributed by atoms with Crippen LogP contribution in [0.4, 0.5) is 5.69 Å². The van der Waals surface area contributed by atoms with Gasteiger partial charge in [0.2, 0.25) is 15.9 Å². The van der Waals surface area contributed by atoms with Gasteiger partial charge in [-0.05, 0) is 43.1 Å². The Hall–Kier alpha value is -3.32. The fraction of sp³-hybridized carbons (Fsp3) is 0.414. The standard InChI is InChI=1S/C29H33N7O3S2/c1-35-10-12-36(13-11-35)41(38,39)23-8-6-21(7-9-23)24(14-20-4-2-3-5-20)28(37)33-26-15-25(22-16-30-18-31-17-22)34-29-27(26)32-19-40-29/h6-9,15-20,24H,2-5,10-14H2,1H3,(H,33,34,37)/t24-/m1/s1. The molecule has 2 fully saturated rings. The lowest BCUT2D eigenvalue weighted by Gasteiger charge is -2.31. The van der Waals surface area contributed by atoms with Gasteiger partial charge < -0.3 is 10.2 Å². The largest absolute Gasteiger partial charge is 0.324 e. The van der Waals surface area contributed by atoms with Gasteiger partial charge >= 0.3 is 0 Å². The smallest absolute Gasteiger partial charge is 0.243 e. The van der Waals surface area contributed by atoms with E-state index in [1.807, 2.05) is 13.1 Å². The number of rotatable bonds is 8. The molecule has 1 aromatic carbocycles. The van der Waals surface area contributed by atoms with Gasteiger partial charge in [0.25, 0.3) is 0 Å². The Kier molecular flexibility index (Phi) is 8.07. The third kappa shape index (κ3) is 6.01. The van der Waals surface area contributed by atoms with Crippen LogP contribution in [0.2, 0.25) is 0 Å². The van der Waals surface area contributed by atoms with Gasteiger partial charge in [0, 0.05) is 44.1 Å². The molecule has 1 aliphatic carbocycles. The van der Waals surface area contributed by atoms with E-state index in [9.17, 15) is 13.2 Å². The number of carbonyl (C=O) groups excluding carboxylic acids is 1. The van der Waals surface area contributed by atoms with Crippen molar-refractivity contribution >= 4 is 43.3 Å². The van der Waals surface area contributed by atoms with Crippen molar-refractivity contribution in [1.82, 2.24) is 29.1 Å². The summed E-state index contributed by atoms with van der Waals surface area (Å²) in [5, 5.41) is 3.15. The number of anilines is 1. The number of hydrogen-bond donors (Lipinski definition) is 1. The average molecular weight is 592 g/mol. The molecule has 1 saturated carbocycles. The first-order valence-electron chi connectivity index (χ1n) is 14.0. The summed E-state index contributed by atoms with van der Waals surface area (Å²) in [6, 6.07) is 8.73. The number of benzene rings is 1. The van der Waals surface area contributed by atoms with Gasteiger partial charge in [-0.15, -0.1) is 11.3 Å². The highest BCUT2D eigenvalue weighted by Crippen LogP contribution is 2.36. The van der Waals surface area contributed by atoms with Crippen molar-refractivity contribution in [3.8, 4) is 11.3 Å². The van der Waals surface area contributed by atoms with Gasteiger partial charge in [-0.2, -0.15) is 4.31 Å². The minimum Gasteiger partial charge on any atom is -0.324 e. The maximum absolute atomic E-state index is 14.0. The minimum atomic E-state index is -3.59. The molecule has 12 heteroatoms. The van der Waals surface area contributed by atoms with E-state index in [-0.39, 0.29) is 10.8 Å². The number of fused-ring (bicyclic) bond motifs is 1. The number of hydrogen-bond acceptors (Lipinski definition) is 9. The summed E-state index contributed by atoms with van der Waals surface area (Å²) in [4.78, 5) is 34.4. The van der Waals surface area contributed by atoms with Crippen molar-refractivity contribution < 1.29 is 13.2 Å². The molecule has 3 aromatic heterocycles. The Balaban J connectivity index is 1.28. The van der Waals surface area contributed by atoms with Gasteiger partial charge in [0.15, 0.2) is 0 Å². The van der Waals surface area contributed by atoms with Crippen LogP contribution in [0.1, 0.15) is 43.6 Å². The first-order valence-corrected chi connectivity index (χ1v) is 16.3. The maximum atomic E-state index is 14.0. The molecule has 1 aliphatic heterocycles. The number of thiazole rings is 1. The lowest BCUT2D eigenvalue weighted by atomic mass is 9.87. The first-order chi connectivity index (χ1) is 19.9. The average Bonchev–Trinajstić information content (AvgIpc) is 3.69. The van der Waals surface area contributed by atoms with Crippen molar-refractivity contribution in [3.05, 3.63) is 60.1 Å². The van der Waals surface area contributed by atoms with Gasteiger partial charge in [-0.25, -0.2) is 28.4 Å². The zero-order chi connectivity index (χ0) is 28.4. The quantitative estimate of drug-likeness (QED) is 0.320. The fourth-order valence-corrected chi connectivity index (χ4v) is 7.87. The second kappa shape index (κ2) is 11.9. The molecule has 6 rings (SSSR count). The lowest BCUT2D eigenvalue weighted by molar-refractivity contribution is -0.118. The molecule has 4 aromatic rings. The molecule has 1 saturated heterocycles. The van der Waals surface area contributed by atoms with Crippen LogP contribution in [0.3, 0.4) is 0 Å². The second-order valence-corrected chi connectivity index (χ2v) is 13.7. The third-order valence-corrected chi connectivity index (χ3v) is 10.8. The van der Waals surface area contributed by atoms with Crippen LogP contribution < -0.4 is 5.32 Å². The Morgan fingerprint density at radius 3 is 2.49 bits per heavy atom. The summed E-state index contributed by atoms with van der Waals surface area (Å²) in [6.07, 6.45) is 10.1. The number of sulfonamides is 1. The van der Waals surface area contributed by atoms with E-state index in [2.05, 4.69) is 25.2 Å². The number of nitrogens with zero attached hydrogens (tertiary/aromatic N) is 6. The van der Waals surface area contributed by atoms with Crippen LogP contribution in [-0.4, -0.2) is 76.7 Å². The molecule has 1 N–H and O–H groups in total. The number of aromatic nitrogens is 4. The van der Waals surface area contributed by atoms with E-state index >= 15 is 0 Å². The van der Waals surface area contributed by atoms with Crippen LogP contribution in [0.15, 0.2) is 59.5 Å². The molecule has 0 spiro atoms. The van der Waals surface area contributed by atoms with Crippen LogP contribution in [-0.2, 0) is 14.8 Å². The molecular formula is C29H33N7O3S2. The molecule has 4 heterocycles. The molecule has 1 atom stereocenters. The third-order valence-electron chi connectivity index (χ3n) is 8.16. The highest BCUT2D eigenvalue weighted by molar-refractivity contribution is 7.89. The second-order valence-electron chi connectivity index (χ2n) is 10.9. The van der Waals surface area contributed by atoms with Gasteiger partial charge in [0.05, 0.1) is 27.7 Å². The number of pyridine rings is 1. The Bertz CT molecular complexity index is 1610. The van der Waals surface area contributed by atoms with E-state index in [1.165, 1.54) is 30.5 Å². The van der Waals surface area contributed by atoms with Crippen LogP contribution >= 0.6 is 11.3 Å². The summed E-state index contributed by atoms with van der Waals surface area (Å²) < 4.78 is 28.1. The van der Waals surface area contributed by atoms with E-state index in [0.717, 1.165) is 24.0 Å². The summed E-state index contributed by atoms with van der Waals surface area (Å²) in [7, 11) is -1.59. The summed E-state index contributed by atoms with van der Waals surface area (Å²) >= 11 is 1.41. The number of carbonyl (C=O) groups is 1. The molecule has 0 unspecified atom stereocenters. The van der Waals surface area contributed by atoms with E-state index in [1.54, 1.807) is 46.5 Å². The monoisotopic (exact) mass is 591 g/mol. The number of piperazine rings is 1. The number of amides is 1. The van der Waals surface area contributed by atoms with E-state index in [4.69, 9.17) is 4.98 Å². The van der Waals surface area contributed by atoms with Crippen LogP contribution in [0.5, 0.6) is 0 Å². The zero-order valence-electron chi connectivity index (χ0n) is 22.9. The van der Waals surface area contributed by atoms with Gasteiger partial charge in [0.1, 0.15) is 16.7 Å². The highest BCUT2D eigenvalue weighted by Gasteiger charge is 2.30. The summed E-state index contributed by atoms with van der Waals surface area (Å²) in [5.74, 6) is -0.112. The SMILES string of the molecule is CN1CCN(S(=O)(=O)c2ccc([C@@H](CC3CCCC3)C(=O)Nc3cc(-c4cncnc4)nc4scnc34)cc2)CC1. The van der Waals surface area contributed by atoms with Crippen LogP contribution in [0.25, 0.3) is 21.6 Å². The zero-order valence-corrected chi connectivity index (χ0v) is 24.6. The Labute approximate surface area is 243 Å². The Morgan fingerprint density at radius 1 is 1.07 bits per heavy atom. The van der Waals surface area contributed by atoms with Crippen molar-refractivity contribution in [3.63, 3.8) is 0 Å². The molecule has 41 heavy (non-hydrogen) atoms. The Morgan fingerprint density at radius 2 is 1.78 bits per heavy atom. The predicted octanol–water partition coefficient (Wildman–Crippen LogP) is 4.39. The number of nitrogens with one attached hydrogen (secondary N) is 1. The molecule has 0 bridgehead atoms. The van der Waals surface area contributed by atoms with Gasteiger partial charge in [-0.3, -0.25) is 4.79 Å². The predicted molar refractivity (Wildman–Crippen MR) is 159 cm³/mol. The van der Waals surface area contributed by atoms with E-state index < -0.39 is 15.9 Å². The highest BCUT2D eigenvalue weighted by atomic mass is 32.2. The normalized spacial score (nSPS) is 18.1. The van der Waals surface area contributed by atoms with E-state index in [0.29, 0.717) is 60.2 Å². The van der Waals surface area contributed by atoms with Crippen molar-refractivity contribution in [2.24, 2.45) is 5.92 Å². The maximum Gasteiger partial charge on any atom is 0.243 e. The molecule has 0 radical (unpaired) electrons. The molecule has 10 nitrogen and oxygen atoms in total. The topological polar surface area (TPSA) is 121 Å². The van der Waals surface area contributed by atoms with Gasteiger partial charge in [-0.1, -0.05) is 37.8 Å². The fourth-order valence-electron chi connectivity index (χ4n) is 5.77. The summed E-state index contributed by atoms with van der Waals surface area (Å²) in [5.41, 5.74) is 5.16. The van der Waals surface area contributed by atoms with Crippen molar-refractivity contribution in [2.45, 2.75) is 42.9 Å². The first kappa shape index (κ1) is 27.8. The molecule has 214 valence electrons. The lowest BCUT2D eigenvalue weighted by Crippen LogP contribution is -2.47. The molecule has 1 amide bonds. The van der Waals surface area contributed by atoms with Crippen LogP contribution in [0, 0.1) is 5.92 Å². The molecular weight excluding hydrogens is 558 g/mol. The molecule has 2 aliphatic rings. The van der Waals surface area contributed by atoms with Crippen molar-refractivity contribution in [1.29, 1.82) is 0 Å². The minimum absolute atomic E-state index is 0.137. The number of likely N-dealkylation sites (N-methyl/N-ethyl adjacent to an activating group) is 1. The van der Waals surface area contributed by atoms with Crippen molar-refractivity contribution in [2.75, 3.05) is 38.5 Å².